The van der Waals surface area contributed by atoms with Crippen molar-refractivity contribution in [3.05, 3.63) is 28.8 Å². The summed E-state index contributed by atoms with van der Waals surface area (Å²) in [7, 11) is 0. The molecule has 0 radical (unpaired) electrons. The van der Waals surface area contributed by atoms with Crippen LogP contribution in [-0.2, 0) is 14.4 Å². The Morgan fingerprint density at radius 3 is 2.46 bits per heavy atom. The second kappa shape index (κ2) is 8.08. The number of anilines is 1. The minimum absolute atomic E-state index is 0.00654. The molecule has 0 unspecified atom stereocenters. The Kier molecular flexibility index (Phi) is 6.29. The summed E-state index contributed by atoms with van der Waals surface area (Å²) >= 11 is 6.14. The standard InChI is InChI=1S/C19H26ClN3O3/c1-12(2)19(26)22(13(3)4)10-17(24)21-9-18(25)23(11-21)16-8-6-7-15(20)14(16)5/h6-8,12-13H,9-11H2,1-5H3. The number of amides is 3. The molecular formula is C19H26ClN3O3. The lowest BCUT2D eigenvalue weighted by molar-refractivity contribution is -0.143. The number of hydrogen-bond acceptors (Lipinski definition) is 3. The van der Waals surface area contributed by atoms with Gasteiger partial charge in [-0.2, -0.15) is 0 Å². The van der Waals surface area contributed by atoms with Gasteiger partial charge in [-0.05, 0) is 38.5 Å². The van der Waals surface area contributed by atoms with Crippen molar-refractivity contribution in [2.24, 2.45) is 5.92 Å². The van der Waals surface area contributed by atoms with E-state index in [1.165, 1.54) is 4.90 Å². The molecule has 0 atom stereocenters. The Labute approximate surface area is 159 Å². The Hall–Kier alpha value is -2.08. The van der Waals surface area contributed by atoms with Crippen LogP contribution in [0, 0.1) is 12.8 Å². The van der Waals surface area contributed by atoms with Crippen LogP contribution in [0.5, 0.6) is 0 Å². The topological polar surface area (TPSA) is 60.9 Å². The molecule has 142 valence electrons. The van der Waals surface area contributed by atoms with E-state index in [2.05, 4.69) is 0 Å². The van der Waals surface area contributed by atoms with Gasteiger partial charge < -0.3 is 9.80 Å². The van der Waals surface area contributed by atoms with Crippen molar-refractivity contribution in [2.75, 3.05) is 24.7 Å². The first-order chi connectivity index (χ1) is 12.1. The minimum atomic E-state index is -0.233. The summed E-state index contributed by atoms with van der Waals surface area (Å²) in [5, 5.41) is 0.577. The monoisotopic (exact) mass is 379 g/mol. The fourth-order valence-electron chi connectivity index (χ4n) is 2.91. The normalized spacial score (nSPS) is 14.5. The third kappa shape index (κ3) is 4.18. The van der Waals surface area contributed by atoms with Gasteiger partial charge in [-0.15, -0.1) is 0 Å². The molecule has 26 heavy (non-hydrogen) atoms. The first-order valence-electron chi connectivity index (χ1n) is 8.77. The van der Waals surface area contributed by atoms with Gasteiger partial charge in [-0.1, -0.05) is 31.5 Å². The van der Waals surface area contributed by atoms with Gasteiger partial charge in [0.25, 0.3) is 0 Å². The fourth-order valence-corrected chi connectivity index (χ4v) is 3.08. The summed E-state index contributed by atoms with van der Waals surface area (Å²) in [6, 6.07) is 5.28. The van der Waals surface area contributed by atoms with Crippen molar-refractivity contribution in [2.45, 2.75) is 40.7 Å². The Morgan fingerprint density at radius 1 is 1.23 bits per heavy atom. The third-order valence-electron chi connectivity index (χ3n) is 4.53. The highest BCUT2D eigenvalue weighted by molar-refractivity contribution is 6.31. The molecule has 1 aliphatic rings. The van der Waals surface area contributed by atoms with Gasteiger partial charge in [0, 0.05) is 22.7 Å². The first-order valence-corrected chi connectivity index (χ1v) is 9.15. The molecular weight excluding hydrogens is 354 g/mol. The van der Waals surface area contributed by atoms with Crippen LogP contribution in [0.25, 0.3) is 0 Å². The number of halogens is 1. The molecule has 1 saturated heterocycles. The SMILES string of the molecule is Cc1c(Cl)cccc1N1CN(C(=O)CN(C(=O)C(C)C)C(C)C)CC1=O. The second-order valence-electron chi connectivity index (χ2n) is 7.15. The minimum Gasteiger partial charge on any atom is -0.331 e. The van der Waals surface area contributed by atoms with E-state index in [9.17, 15) is 14.4 Å². The maximum atomic E-state index is 12.7. The molecule has 1 aromatic carbocycles. The molecule has 3 amide bonds. The quantitative estimate of drug-likeness (QED) is 0.790. The molecule has 6 nitrogen and oxygen atoms in total. The maximum absolute atomic E-state index is 12.7. The second-order valence-corrected chi connectivity index (χ2v) is 7.56. The van der Waals surface area contributed by atoms with Gasteiger partial charge >= 0.3 is 0 Å². The van der Waals surface area contributed by atoms with Gasteiger partial charge in [0.1, 0.15) is 19.8 Å². The maximum Gasteiger partial charge on any atom is 0.248 e. The average Bonchev–Trinajstić information content (AvgIpc) is 2.95. The van der Waals surface area contributed by atoms with Crippen LogP contribution in [0.3, 0.4) is 0 Å². The zero-order chi connectivity index (χ0) is 19.6. The number of nitrogens with zero attached hydrogens (tertiary/aromatic N) is 3. The Bertz CT molecular complexity index is 718. The number of carbonyl (C=O) groups is 3. The van der Waals surface area contributed by atoms with Gasteiger partial charge in [0.15, 0.2) is 0 Å². The highest BCUT2D eigenvalue weighted by Crippen LogP contribution is 2.28. The predicted molar refractivity (Wildman–Crippen MR) is 102 cm³/mol. The van der Waals surface area contributed by atoms with Crippen LogP contribution < -0.4 is 4.90 Å². The van der Waals surface area contributed by atoms with E-state index >= 15 is 0 Å². The van der Waals surface area contributed by atoms with E-state index in [1.54, 1.807) is 21.9 Å². The van der Waals surface area contributed by atoms with Crippen molar-refractivity contribution >= 4 is 35.0 Å². The molecule has 0 saturated carbocycles. The van der Waals surface area contributed by atoms with Crippen LogP contribution in [0.1, 0.15) is 33.3 Å². The summed E-state index contributed by atoms with van der Waals surface area (Å²) in [4.78, 5) is 42.0. The Morgan fingerprint density at radius 2 is 1.88 bits per heavy atom. The van der Waals surface area contributed by atoms with Crippen LogP contribution in [-0.4, -0.2) is 53.3 Å². The van der Waals surface area contributed by atoms with Gasteiger partial charge in [0.2, 0.25) is 17.7 Å². The van der Waals surface area contributed by atoms with Crippen molar-refractivity contribution in [1.82, 2.24) is 9.80 Å². The largest absolute Gasteiger partial charge is 0.331 e. The lowest BCUT2D eigenvalue weighted by Gasteiger charge is -2.29. The molecule has 2 rings (SSSR count). The Balaban J connectivity index is 2.13. The lowest BCUT2D eigenvalue weighted by atomic mass is 10.1. The van der Waals surface area contributed by atoms with Crippen LogP contribution in [0.15, 0.2) is 18.2 Å². The molecule has 1 aliphatic heterocycles. The van der Waals surface area contributed by atoms with Crippen molar-refractivity contribution in [3.8, 4) is 0 Å². The molecule has 1 heterocycles. The zero-order valence-electron chi connectivity index (χ0n) is 16.0. The fraction of sp³-hybridized carbons (Fsp3) is 0.526. The van der Waals surface area contributed by atoms with Gasteiger partial charge in [0.05, 0.1) is 0 Å². The molecule has 0 spiro atoms. The van der Waals surface area contributed by atoms with Gasteiger partial charge in [-0.25, -0.2) is 0 Å². The number of benzene rings is 1. The van der Waals surface area contributed by atoms with E-state index in [1.807, 2.05) is 40.7 Å². The summed E-state index contributed by atoms with van der Waals surface area (Å²) in [5.41, 5.74) is 1.51. The van der Waals surface area contributed by atoms with Crippen molar-refractivity contribution in [3.63, 3.8) is 0 Å². The molecule has 0 aromatic heterocycles. The van der Waals surface area contributed by atoms with Crippen LogP contribution in [0.2, 0.25) is 5.02 Å². The lowest BCUT2D eigenvalue weighted by Crippen LogP contribution is -2.47. The van der Waals surface area contributed by atoms with Crippen molar-refractivity contribution in [1.29, 1.82) is 0 Å². The molecule has 7 heteroatoms. The molecule has 1 aromatic rings. The molecule has 0 aliphatic carbocycles. The summed E-state index contributed by atoms with van der Waals surface area (Å²) in [6.07, 6.45) is 0. The highest BCUT2D eigenvalue weighted by Gasteiger charge is 2.34. The van der Waals surface area contributed by atoms with Gasteiger partial charge in [-0.3, -0.25) is 19.3 Å². The number of rotatable bonds is 5. The van der Waals surface area contributed by atoms with E-state index in [-0.39, 0.29) is 49.4 Å². The molecule has 0 bridgehead atoms. The number of carbonyl (C=O) groups excluding carboxylic acids is 3. The van der Waals surface area contributed by atoms with E-state index < -0.39 is 0 Å². The predicted octanol–water partition coefficient (Wildman–Crippen LogP) is 2.67. The summed E-state index contributed by atoms with van der Waals surface area (Å²) in [5.74, 6) is -0.643. The highest BCUT2D eigenvalue weighted by atomic mass is 35.5. The smallest absolute Gasteiger partial charge is 0.248 e. The van der Waals surface area contributed by atoms with Crippen LogP contribution >= 0.6 is 11.6 Å². The van der Waals surface area contributed by atoms with Crippen LogP contribution in [0.4, 0.5) is 5.69 Å². The third-order valence-corrected chi connectivity index (χ3v) is 4.94. The van der Waals surface area contributed by atoms with E-state index in [0.717, 1.165) is 5.56 Å². The molecule has 0 N–H and O–H groups in total. The van der Waals surface area contributed by atoms with E-state index in [0.29, 0.717) is 10.7 Å². The number of hydrogen-bond donors (Lipinski definition) is 0. The summed E-state index contributed by atoms with van der Waals surface area (Å²) in [6.45, 7) is 9.37. The average molecular weight is 380 g/mol. The van der Waals surface area contributed by atoms with Crippen molar-refractivity contribution < 1.29 is 14.4 Å². The summed E-state index contributed by atoms with van der Waals surface area (Å²) < 4.78 is 0. The molecule has 1 fully saturated rings. The zero-order valence-corrected chi connectivity index (χ0v) is 16.7. The van der Waals surface area contributed by atoms with E-state index in [4.69, 9.17) is 11.6 Å². The first kappa shape index (κ1) is 20.2.